The quantitative estimate of drug-likeness (QED) is 0.736. The fourth-order valence-electron chi connectivity index (χ4n) is 1.85. The third-order valence-electron chi connectivity index (χ3n) is 2.95. The minimum absolute atomic E-state index is 0.0102. The number of amides is 1. The predicted octanol–water partition coefficient (Wildman–Crippen LogP) is 1.05. The highest BCUT2D eigenvalue weighted by molar-refractivity contribution is 5.96. The van der Waals surface area contributed by atoms with Crippen molar-refractivity contribution in [2.24, 2.45) is 0 Å². The van der Waals surface area contributed by atoms with Gasteiger partial charge in [0.05, 0.1) is 24.3 Å². The van der Waals surface area contributed by atoms with Gasteiger partial charge in [-0.3, -0.25) is 9.78 Å². The van der Waals surface area contributed by atoms with E-state index in [1.165, 1.54) is 0 Å². The van der Waals surface area contributed by atoms with E-state index in [9.17, 15) is 4.79 Å². The molecule has 0 aliphatic carbocycles. The molecule has 0 aliphatic heterocycles. The zero-order valence-electron chi connectivity index (χ0n) is 12.4. The van der Waals surface area contributed by atoms with Crippen molar-refractivity contribution in [3.8, 4) is 11.8 Å². The topological polar surface area (TPSA) is 73.7 Å². The van der Waals surface area contributed by atoms with Crippen LogP contribution in [0.15, 0.2) is 18.5 Å². The minimum Gasteiger partial charge on any atom is -0.395 e. The molecule has 5 heteroatoms. The Kier molecular flexibility index (Phi) is 8.10. The van der Waals surface area contributed by atoms with Gasteiger partial charge >= 0.3 is 0 Å². The smallest absolute Gasteiger partial charge is 0.255 e. The van der Waals surface area contributed by atoms with E-state index >= 15 is 0 Å². The molecule has 2 N–H and O–H groups in total. The Balaban J connectivity index is 2.96. The summed E-state index contributed by atoms with van der Waals surface area (Å²) in [6.45, 7) is 2.90. The van der Waals surface area contributed by atoms with Gasteiger partial charge in [0, 0.05) is 31.9 Å². The van der Waals surface area contributed by atoms with Crippen molar-refractivity contribution in [2.45, 2.75) is 26.2 Å². The molecule has 0 spiro atoms. The zero-order valence-corrected chi connectivity index (χ0v) is 12.4. The number of nitrogens with zero attached hydrogens (tertiary/aromatic N) is 2. The number of hydrogen-bond donors (Lipinski definition) is 2. The number of unbranched alkanes of at least 4 members (excludes halogenated alkanes) is 1. The van der Waals surface area contributed by atoms with Crippen LogP contribution in [0.1, 0.15) is 42.1 Å². The molecular formula is C16H22N2O3. The highest BCUT2D eigenvalue weighted by atomic mass is 16.3. The Morgan fingerprint density at radius 2 is 2.14 bits per heavy atom. The van der Waals surface area contributed by atoms with Crippen molar-refractivity contribution in [3.63, 3.8) is 0 Å². The maximum atomic E-state index is 12.6. The number of aliphatic hydroxyl groups is 2. The molecule has 5 nitrogen and oxygen atoms in total. The van der Waals surface area contributed by atoms with E-state index in [4.69, 9.17) is 10.2 Å². The number of carbonyl (C=O) groups is 1. The van der Waals surface area contributed by atoms with Crippen LogP contribution >= 0.6 is 0 Å². The lowest BCUT2D eigenvalue weighted by Gasteiger charge is -2.22. The Morgan fingerprint density at radius 3 is 2.81 bits per heavy atom. The summed E-state index contributed by atoms with van der Waals surface area (Å²) in [5.41, 5.74) is 1.04. The lowest BCUT2D eigenvalue weighted by molar-refractivity contribution is 0.0719. The molecule has 0 fully saturated rings. The molecule has 0 unspecified atom stereocenters. The summed E-state index contributed by atoms with van der Waals surface area (Å²) in [6, 6.07) is 1.64. The molecule has 114 valence electrons. The summed E-state index contributed by atoms with van der Waals surface area (Å²) >= 11 is 0. The normalized spacial score (nSPS) is 9.86. The van der Waals surface area contributed by atoms with E-state index in [0.29, 0.717) is 30.6 Å². The molecule has 0 saturated heterocycles. The Morgan fingerprint density at radius 1 is 1.33 bits per heavy atom. The number of carbonyl (C=O) groups excluding carboxylic acids is 1. The van der Waals surface area contributed by atoms with Crippen molar-refractivity contribution in [1.29, 1.82) is 0 Å². The van der Waals surface area contributed by atoms with Crippen LogP contribution in [0.5, 0.6) is 0 Å². The van der Waals surface area contributed by atoms with Gasteiger partial charge in [-0.1, -0.05) is 25.2 Å². The zero-order chi connectivity index (χ0) is 15.5. The average Bonchev–Trinajstić information content (AvgIpc) is 2.51. The van der Waals surface area contributed by atoms with E-state index in [2.05, 4.69) is 23.7 Å². The van der Waals surface area contributed by atoms with Gasteiger partial charge in [-0.2, -0.15) is 0 Å². The highest BCUT2D eigenvalue weighted by Crippen LogP contribution is 2.10. The second-order valence-electron chi connectivity index (χ2n) is 4.57. The Labute approximate surface area is 125 Å². The van der Waals surface area contributed by atoms with Crippen LogP contribution < -0.4 is 0 Å². The molecular weight excluding hydrogens is 268 g/mol. The molecule has 0 saturated carbocycles. The highest BCUT2D eigenvalue weighted by Gasteiger charge is 2.17. The van der Waals surface area contributed by atoms with Crippen LogP contribution in [-0.4, -0.2) is 52.3 Å². The van der Waals surface area contributed by atoms with Gasteiger partial charge in [-0.05, 0) is 12.5 Å². The average molecular weight is 290 g/mol. The lowest BCUT2D eigenvalue weighted by Crippen LogP contribution is -2.34. The first-order valence-corrected chi connectivity index (χ1v) is 7.18. The summed E-state index contributed by atoms with van der Waals surface area (Å²) in [5.74, 6) is 5.52. The van der Waals surface area contributed by atoms with Gasteiger partial charge in [-0.15, -0.1) is 0 Å². The molecule has 0 aliphatic rings. The first kappa shape index (κ1) is 17.2. The monoisotopic (exact) mass is 290 g/mol. The Hall–Kier alpha value is -1.90. The van der Waals surface area contributed by atoms with E-state index in [1.807, 2.05) is 0 Å². The van der Waals surface area contributed by atoms with E-state index in [0.717, 1.165) is 12.8 Å². The van der Waals surface area contributed by atoms with Crippen molar-refractivity contribution >= 4 is 5.91 Å². The van der Waals surface area contributed by atoms with Crippen molar-refractivity contribution < 1.29 is 15.0 Å². The molecule has 0 radical (unpaired) electrons. The molecule has 1 rings (SSSR count). The number of hydrogen-bond acceptors (Lipinski definition) is 4. The fraction of sp³-hybridized carbons (Fsp3) is 0.500. The van der Waals surface area contributed by atoms with Crippen molar-refractivity contribution in [3.05, 3.63) is 29.6 Å². The lowest BCUT2D eigenvalue weighted by atomic mass is 10.1. The van der Waals surface area contributed by atoms with Crippen LogP contribution in [0.25, 0.3) is 0 Å². The van der Waals surface area contributed by atoms with Gasteiger partial charge < -0.3 is 15.1 Å². The predicted molar refractivity (Wildman–Crippen MR) is 80.7 cm³/mol. The number of aliphatic hydroxyl groups excluding tert-OH is 2. The molecule has 0 bridgehead atoms. The summed E-state index contributed by atoms with van der Waals surface area (Å²) in [5, 5.41) is 17.9. The summed E-state index contributed by atoms with van der Waals surface area (Å²) in [7, 11) is 0. The van der Waals surface area contributed by atoms with Crippen LogP contribution in [0, 0.1) is 11.8 Å². The molecule has 1 heterocycles. The van der Waals surface area contributed by atoms with Gasteiger partial charge in [0.1, 0.15) is 0 Å². The van der Waals surface area contributed by atoms with Crippen LogP contribution in [0.2, 0.25) is 0 Å². The van der Waals surface area contributed by atoms with E-state index < -0.39 is 0 Å². The summed E-state index contributed by atoms with van der Waals surface area (Å²) in [6.07, 6.45) is 5.34. The van der Waals surface area contributed by atoms with Crippen LogP contribution in [0.3, 0.4) is 0 Å². The maximum absolute atomic E-state index is 12.6. The molecule has 1 aromatic rings. The van der Waals surface area contributed by atoms with Gasteiger partial charge in [0.25, 0.3) is 5.91 Å². The van der Waals surface area contributed by atoms with Crippen LogP contribution in [-0.2, 0) is 0 Å². The van der Waals surface area contributed by atoms with E-state index in [1.54, 1.807) is 23.4 Å². The molecule has 21 heavy (non-hydrogen) atoms. The maximum Gasteiger partial charge on any atom is 0.255 e. The van der Waals surface area contributed by atoms with E-state index in [-0.39, 0.29) is 19.1 Å². The number of rotatable bonds is 7. The first-order chi connectivity index (χ1) is 10.2. The molecule has 0 atom stereocenters. The first-order valence-electron chi connectivity index (χ1n) is 7.18. The van der Waals surface area contributed by atoms with Gasteiger partial charge in [-0.25, -0.2) is 0 Å². The second-order valence-corrected chi connectivity index (χ2v) is 4.57. The standard InChI is InChI=1S/C16H22N2O3/c1-2-3-9-18(10-12-20)16(21)15-7-8-17-13-14(15)6-4-5-11-19/h7-8,13,19-20H,2-3,5,9-12H2,1H3. The SMILES string of the molecule is CCCCN(CCO)C(=O)c1ccncc1C#CCCO. The molecule has 1 amide bonds. The number of aromatic nitrogens is 1. The number of pyridine rings is 1. The van der Waals surface area contributed by atoms with Crippen molar-refractivity contribution in [2.75, 3.05) is 26.3 Å². The Bertz CT molecular complexity index is 506. The minimum atomic E-state index is -0.145. The van der Waals surface area contributed by atoms with Gasteiger partial charge in [0.15, 0.2) is 0 Å². The van der Waals surface area contributed by atoms with Crippen LogP contribution in [0.4, 0.5) is 0 Å². The fourth-order valence-corrected chi connectivity index (χ4v) is 1.85. The third-order valence-corrected chi connectivity index (χ3v) is 2.95. The van der Waals surface area contributed by atoms with Gasteiger partial charge in [0.2, 0.25) is 0 Å². The summed E-state index contributed by atoms with van der Waals surface area (Å²) in [4.78, 5) is 18.2. The van der Waals surface area contributed by atoms with Crippen molar-refractivity contribution in [1.82, 2.24) is 9.88 Å². The summed E-state index contributed by atoms with van der Waals surface area (Å²) < 4.78 is 0. The largest absolute Gasteiger partial charge is 0.395 e. The molecule has 0 aromatic carbocycles. The second kappa shape index (κ2) is 9.92. The molecule has 1 aromatic heterocycles. The third kappa shape index (κ3) is 5.54.